The Balaban J connectivity index is 1.28. The number of anilines is 3. The van der Waals surface area contributed by atoms with Crippen LogP contribution in [-0.4, -0.2) is 48.9 Å². The zero-order valence-corrected chi connectivity index (χ0v) is 19.9. The van der Waals surface area contributed by atoms with Gasteiger partial charge in [0.05, 0.1) is 0 Å². The van der Waals surface area contributed by atoms with Gasteiger partial charge in [0.1, 0.15) is 5.82 Å². The largest absolute Gasteiger partial charge is 0.357 e. The normalized spacial score (nSPS) is 16.2. The van der Waals surface area contributed by atoms with Crippen LogP contribution in [0.15, 0.2) is 42.6 Å². The van der Waals surface area contributed by atoms with Crippen LogP contribution in [0.3, 0.4) is 0 Å². The Morgan fingerprint density at radius 3 is 2.56 bits per heavy atom. The second kappa shape index (κ2) is 10.7. The molecule has 1 saturated heterocycles. The summed E-state index contributed by atoms with van der Waals surface area (Å²) in [7, 11) is 0. The molecule has 8 nitrogen and oxygen atoms in total. The number of aryl methyl sites for hydroxylation is 1. The minimum Gasteiger partial charge on any atom is -0.357 e. The van der Waals surface area contributed by atoms with Crippen molar-refractivity contribution in [3.8, 4) is 0 Å². The van der Waals surface area contributed by atoms with Crippen LogP contribution in [-0.2, 0) is 20.8 Å². The fraction of sp³-hybridized carbons (Fsp3) is 0.462. The molecule has 2 N–H and O–H groups in total. The first-order valence-corrected chi connectivity index (χ1v) is 12.1. The molecule has 0 unspecified atom stereocenters. The molecule has 8 heteroatoms. The second-order valence-corrected chi connectivity index (χ2v) is 9.37. The van der Waals surface area contributed by atoms with Gasteiger partial charge in [0.2, 0.25) is 5.91 Å². The Bertz CT molecular complexity index is 1030. The lowest BCUT2D eigenvalue weighted by molar-refractivity contribution is -0.136. The minimum atomic E-state index is -0.691. The van der Waals surface area contributed by atoms with E-state index in [0.29, 0.717) is 24.7 Å². The monoisotopic (exact) mass is 463 g/mol. The van der Waals surface area contributed by atoms with E-state index in [0.717, 1.165) is 55.8 Å². The number of benzene rings is 1. The smallest absolute Gasteiger partial charge is 0.313 e. The molecule has 1 aromatic carbocycles. The van der Waals surface area contributed by atoms with Crippen LogP contribution in [0.25, 0.3) is 0 Å². The number of hydrogen-bond acceptors (Lipinski definition) is 5. The Hall–Kier alpha value is -3.42. The molecule has 3 amide bonds. The van der Waals surface area contributed by atoms with Crippen molar-refractivity contribution in [2.75, 3.05) is 41.3 Å². The number of carbonyl (C=O) groups excluding carboxylic acids is 3. The van der Waals surface area contributed by atoms with Gasteiger partial charge in [0.15, 0.2) is 0 Å². The number of fused-ring (bicyclic) bond motifs is 1. The number of hydrogen-bond donors (Lipinski definition) is 2. The van der Waals surface area contributed by atoms with Gasteiger partial charge < -0.3 is 20.4 Å². The third-order valence-corrected chi connectivity index (χ3v) is 6.57. The Labute approximate surface area is 200 Å². The van der Waals surface area contributed by atoms with Crippen LogP contribution < -0.4 is 20.4 Å². The van der Waals surface area contributed by atoms with Crippen molar-refractivity contribution in [2.24, 2.45) is 11.8 Å². The van der Waals surface area contributed by atoms with Gasteiger partial charge in [-0.3, -0.25) is 14.4 Å². The average molecular weight is 464 g/mol. The fourth-order valence-corrected chi connectivity index (χ4v) is 4.61. The predicted octanol–water partition coefficient (Wildman–Crippen LogP) is 2.99. The van der Waals surface area contributed by atoms with Gasteiger partial charge in [-0.25, -0.2) is 4.98 Å². The molecule has 0 atom stereocenters. The molecule has 4 rings (SSSR count). The summed E-state index contributed by atoms with van der Waals surface area (Å²) in [5.74, 6) is -0.0652. The van der Waals surface area contributed by atoms with Gasteiger partial charge in [0.25, 0.3) is 0 Å². The van der Waals surface area contributed by atoms with Crippen molar-refractivity contribution in [3.63, 3.8) is 0 Å². The summed E-state index contributed by atoms with van der Waals surface area (Å²) in [5, 5.41) is 5.47. The first-order chi connectivity index (χ1) is 16.4. The Kier molecular flexibility index (Phi) is 7.45. The lowest BCUT2D eigenvalue weighted by Crippen LogP contribution is -2.42. The molecule has 2 aromatic rings. The van der Waals surface area contributed by atoms with E-state index in [9.17, 15) is 14.4 Å². The van der Waals surface area contributed by atoms with E-state index in [1.165, 1.54) is 0 Å². The van der Waals surface area contributed by atoms with E-state index in [1.807, 2.05) is 38.1 Å². The third-order valence-electron chi connectivity index (χ3n) is 6.57. The molecule has 1 aromatic heterocycles. The molecule has 2 aliphatic rings. The van der Waals surface area contributed by atoms with Crippen molar-refractivity contribution in [3.05, 3.63) is 48.2 Å². The average Bonchev–Trinajstić information content (AvgIpc) is 2.87. The van der Waals surface area contributed by atoms with E-state index < -0.39 is 11.8 Å². The van der Waals surface area contributed by atoms with Crippen LogP contribution in [0.1, 0.15) is 38.7 Å². The van der Waals surface area contributed by atoms with Crippen LogP contribution in [0, 0.1) is 11.8 Å². The van der Waals surface area contributed by atoms with Crippen molar-refractivity contribution >= 4 is 34.9 Å². The maximum atomic E-state index is 12.6. The number of aromatic nitrogens is 1. The van der Waals surface area contributed by atoms with Gasteiger partial charge in [-0.15, -0.1) is 0 Å². The van der Waals surface area contributed by atoms with Gasteiger partial charge in [-0.1, -0.05) is 26.0 Å². The number of piperidine rings is 1. The van der Waals surface area contributed by atoms with E-state index in [2.05, 4.69) is 20.5 Å². The maximum Gasteiger partial charge on any atom is 0.313 e. The number of pyridine rings is 1. The molecule has 180 valence electrons. The SMILES string of the molecule is CC(C)C(=O)N1CCCc2ccc(NC(=O)C(=O)NCC3CCN(c4ccccn4)CC3)cc21. The van der Waals surface area contributed by atoms with E-state index in [4.69, 9.17) is 0 Å². The van der Waals surface area contributed by atoms with Gasteiger partial charge in [-0.2, -0.15) is 0 Å². The summed E-state index contributed by atoms with van der Waals surface area (Å²) in [5.41, 5.74) is 2.42. The second-order valence-electron chi connectivity index (χ2n) is 9.37. The van der Waals surface area contributed by atoms with Crippen LogP contribution >= 0.6 is 0 Å². The van der Waals surface area contributed by atoms with Gasteiger partial charge >= 0.3 is 11.8 Å². The third kappa shape index (κ3) is 5.55. The summed E-state index contributed by atoms with van der Waals surface area (Å²) in [6.45, 7) is 6.67. The zero-order chi connectivity index (χ0) is 24.1. The maximum absolute atomic E-state index is 12.6. The van der Waals surface area contributed by atoms with Crippen LogP contribution in [0.5, 0.6) is 0 Å². The van der Waals surface area contributed by atoms with E-state index >= 15 is 0 Å². The molecular weight excluding hydrogens is 430 g/mol. The van der Waals surface area contributed by atoms with Gasteiger partial charge in [0, 0.05) is 49.7 Å². The highest BCUT2D eigenvalue weighted by Crippen LogP contribution is 2.31. The molecule has 2 aliphatic heterocycles. The zero-order valence-electron chi connectivity index (χ0n) is 19.9. The van der Waals surface area contributed by atoms with Crippen LogP contribution in [0.4, 0.5) is 17.2 Å². The van der Waals surface area contributed by atoms with Gasteiger partial charge in [-0.05, 0) is 61.4 Å². The van der Waals surface area contributed by atoms with Crippen molar-refractivity contribution in [1.29, 1.82) is 0 Å². The topological polar surface area (TPSA) is 94.6 Å². The molecular formula is C26H33N5O3. The summed E-state index contributed by atoms with van der Waals surface area (Å²) >= 11 is 0. The first kappa shape index (κ1) is 23.7. The number of rotatable bonds is 5. The standard InChI is InChI=1S/C26H33N5O3/c1-18(2)26(34)31-13-5-6-20-8-9-21(16-22(20)31)29-25(33)24(32)28-17-19-10-14-30(15-11-19)23-7-3-4-12-27-23/h3-4,7-9,12,16,18-19H,5-6,10-11,13-15,17H2,1-2H3,(H,28,32)(H,29,33). The predicted molar refractivity (Wildman–Crippen MR) is 133 cm³/mol. The lowest BCUT2D eigenvalue weighted by Gasteiger charge is -2.32. The summed E-state index contributed by atoms with van der Waals surface area (Å²) in [6.07, 6.45) is 5.47. The highest BCUT2D eigenvalue weighted by atomic mass is 16.2. The molecule has 0 bridgehead atoms. The van der Waals surface area contributed by atoms with Crippen molar-refractivity contribution in [2.45, 2.75) is 39.5 Å². The number of nitrogens with zero attached hydrogens (tertiary/aromatic N) is 3. The number of amides is 3. The molecule has 1 fully saturated rings. The minimum absolute atomic E-state index is 0.0660. The summed E-state index contributed by atoms with van der Waals surface area (Å²) in [6, 6.07) is 11.4. The van der Waals surface area contributed by atoms with E-state index in [1.54, 1.807) is 23.2 Å². The molecule has 0 radical (unpaired) electrons. The lowest BCUT2D eigenvalue weighted by atomic mass is 9.97. The van der Waals surface area contributed by atoms with Crippen molar-refractivity contribution < 1.29 is 14.4 Å². The molecule has 0 saturated carbocycles. The highest BCUT2D eigenvalue weighted by Gasteiger charge is 2.26. The quantitative estimate of drug-likeness (QED) is 0.665. The molecule has 34 heavy (non-hydrogen) atoms. The molecule has 0 aliphatic carbocycles. The molecule has 0 spiro atoms. The summed E-state index contributed by atoms with van der Waals surface area (Å²) < 4.78 is 0. The van der Waals surface area contributed by atoms with Crippen LogP contribution in [0.2, 0.25) is 0 Å². The van der Waals surface area contributed by atoms with E-state index in [-0.39, 0.29) is 11.8 Å². The highest BCUT2D eigenvalue weighted by molar-refractivity contribution is 6.39. The first-order valence-electron chi connectivity index (χ1n) is 12.1. The number of nitrogens with one attached hydrogen (secondary N) is 2. The molecule has 3 heterocycles. The number of carbonyl (C=O) groups is 3. The van der Waals surface area contributed by atoms with Crippen molar-refractivity contribution in [1.82, 2.24) is 10.3 Å². The fourth-order valence-electron chi connectivity index (χ4n) is 4.61. The Morgan fingerprint density at radius 1 is 1.06 bits per heavy atom. The summed E-state index contributed by atoms with van der Waals surface area (Å²) in [4.78, 5) is 45.9. The Morgan fingerprint density at radius 2 is 1.85 bits per heavy atom.